The molecule has 1 N–H and O–H groups in total. The number of aromatic amines is 1. The van der Waals surface area contributed by atoms with Gasteiger partial charge < -0.3 is 0 Å². The number of tetrazole rings is 1. The van der Waals surface area contributed by atoms with Crippen molar-refractivity contribution in [3.8, 4) is 34.4 Å². The van der Waals surface area contributed by atoms with Crippen LogP contribution in [0.5, 0.6) is 0 Å². The molecule has 0 aliphatic carbocycles. The normalized spacial score (nSPS) is 10.7. The average molecular weight is 426 g/mol. The summed E-state index contributed by atoms with van der Waals surface area (Å²) in [6.07, 6.45) is 5.18. The number of hydrogen-bond acceptors (Lipinski definition) is 5. The summed E-state index contributed by atoms with van der Waals surface area (Å²) >= 11 is 0. The van der Waals surface area contributed by atoms with Crippen molar-refractivity contribution in [2.45, 2.75) is 52.5 Å². The summed E-state index contributed by atoms with van der Waals surface area (Å²) in [4.78, 5) is 4.68. The lowest BCUT2D eigenvalue weighted by atomic mass is 9.98. The van der Waals surface area contributed by atoms with Gasteiger partial charge in [-0.05, 0) is 39.5 Å². The molecule has 0 fully saturated rings. The summed E-state index contributed by atoms with van der Waals surface area (Å²) in [6.45, 7) is 4.89. The fourth-order valence-corrected chi connectivity index (χ4v) is 3.58. The highest BCUT2D eigenvalue weighted by atomic mass is 15.5. The van der Waals surface area contributed by atoms with Crippen LogP contribution in [0.25, 0.3) is 22.5 Å². The van der Waals surface area contributed by atoms with Gasteiger partial charge in [0.2, 0.25) is 5.82 Å². The maximum atomic E-state index is 4.74. The van der Waals surface area contributed by atoms with Gasteiger partial charge in [-0.3, -0.25) is 0 Å². The van der Waals surface area contributed by atoms with E-state index in [-0.39, 0.29) is 0 Å². The Hall–Kier alpha value is -3.79. The molecule has 7 nitrogen and oxygen atoms in total. The third kappa shape index (κ3) is 5.09. The third-order valence-corrected chi connectivity index (χ3v) is 5.22. The average Bonchev–Trinajstić information content (AvgIpc) is 3.49. The zero-order valence-corrected chi connectivity index (χ0v) is 18.5. The van der Waals surface area contributed by atoms with E-state index < -0.39 is 0 Å². The van der Waals surface area contributed by atoms with Crippen LogP contribution in [0.3, 0.4) is 0 Å². The lowest BCUT2D eigenvalue weighted by Gasteiger charge is -2.09. The molecule has 0 spiro atoms. The number of H-pyrrole nitrogens is 1. The molecule has 2 heterocycles. The van der Waals surface area contributed by atoms with Gasteiger partial charge in [-0.25, -0.2) is 14.8 Å². The number of rotatable bonds is 8. The molecule has 0 unspecified atom stereocenters. The van der Waals surface area contributed by atoms with Crippen molar-refractivity contribution in [1.29, 1.82) is 0 Å². The van der Waals surface area contributed by atoms with Crippen LogP contribution in [0.15, 0.2) is 48.5 Å². The first kappa shape index (κ1) is 21.4. The van der Waals surface area contributed by atoms with Crippen molar-refractivity contribution in [3.63, 3.8) is 0 Å². The lowest BCUT2D eigenvalue weighted by Crippen LogP contribution is -2.05. The topological polar surface area (TPSA) is 85.2 Å². The van der Waals surface area contributed by atoms with Gasteiger partial charge in [0, 0.05) is 18.4 Å². The largest absolute Gasteiger partial charge is 0.239 e. The molecule has 2 aromatic carbocycles. The molecule has 0 aliphatic rings. The number of aromatic nitrogens is 7. The number of aryl methyl sites for hydroxylation is 1. The monoisotopic (exact) mass is 425 g/mol. The van der Waals surface area contributed by atoms with Crippen LogP contribution in [-0.4, -0.2) is 35.4 Å². The predicted molar refractivity (Wildman–Crippen MR) is 125 cm³/mol. The molecule has 32 heavy (non-hydrogen) atoms. The van der Waals surface area contributed by atoms with Gasteiger partial charge in [-0.1, -0.05) is 81.1 Å². The molecule has 0 amide bonds. The number of nitrogens with zero attached hydrogens (tertiary/aromatic N) is 6. The SMILES string of the molecule is CCC#Cc1nc(CCCCC)nn1Cc1ccc(-c2ccccc2-c2nnn[nH]2)cc1. The minimum atomic E-state index is 0.641. The summed E-state index contributed by atoms with van der Waals surface area (Å²) in [5.74, 6) is 8.58. The molecular weight excluding hydrogens is 398 g/mol. The molecule has 4 aromatic rings. The Kier molecular flexibility index (Phi) is 7.03. The van der Waals surface area contributed by atoms with Gasteiger partial charge in [-0.15, -0.1) is 5.10 Å². The Balaban J connectivity index is 1.56. The number of hydrogen-bond donors (Lipinski definition) is 1. The van der Waals surface area contributed by atoms with Crippen LogP contribution in [0.2, 0.25) is 0 Å². The molecule has 0 bridgehead atoms. The van der Waals surface area contributed by atoms with E-state index in [4.69, 9.17) is 5.10 Å². The zero-order valence-electron chi connectivity index (χ0n) is 18.5. The first-order chi connectivity index (χ1) is 15.8. The van der Waals surface area contributed by atoms with E-state index in [1.165, 1.54) is 12.8 Å². The fourth-order valence-electron chi connectivity index (χ4n) is 3.58. The minimum absolute atomic E-state index is 0.641. The van der Waals surface area contributed by atoms with E-state index in [0.717, 1.165) is 53.2 Å². The Bertz CT molecular complexity index is 1200. The van der Waals surface area contributed by atoms with Gasteiger partial charge in [0.05, 0.1) is 6.54 Å². The van der Waals surface area contributed by atoms with E-state index in [1.807, 2.05) is 29.8 Å². The second-order valence-corrected chi connectivity index (χ2v) is 7.61. The summed E-state index contributed by atoms with van der Waals surface area (Å²) in [5.41, 5.74) is 4.30. The number of nitrogens with one attached hydrogen (secondary N) is 1. The first-order valence-electron chi connectivity index (χ1n) is 11.1. The summed E-state index contributed by atoms with van der Waals surface area (Å²) in [5, 5.41) is 19.0. The van der Waals surface area contributed by atoms with Gasteiger partial charge in [0.1, 0.15) is 0 Å². The lowest BCUT2D eigenvalue weighted by molar-refractivity contribution is 0.646. The maximum Gasteiger partial charge on any atom is 0.203 e. The molecule has 0 saturated heterocycles. The highest BCUT2D eigenvalue weighted by Gasteiger charge is 2.11. The van der Waals surface area contributed by atoms with Crippen molar-refractivity contribution in [3.05, 3.63) is 65.7 Å². The van der Waals surface area contributed by atoms with Crippen LogP contribution in [-0.2, 0) is 13.0 Å². The molecular formula is C25H27N7. The molecule has 0 atom stereocenters. The first-order valence-corrected chi connectivity index (χ1v) is 11.1. The van der Waals surface area contributed by atoms with Gasteiger partial charge in [0.25, 0.3) is 0 Å². The molecule has 0 aliphatic heterocycles. The van der Waals surface area contributed by atoms with Crippen LogP contribution in [0, 0.1) is 11.8 Å². The van der Waals surface area contributed by atoms with Crippen LogP contribution in [0.4, 0.5) is 0 Å². The van der Waals surface area contributed by atoms with Crippen LogP contribution < -0.4 is 0 Å². The Morgan fingerprint density at radius 3 is 2.50 bits per heavy atom. The molecule has 0 saturated carbocycles. The van der Waals surface area contributed by atoms with Crippen molar-refractivity contribution in [2.24, 2.45) is 0 Å². The maximum absolute atomic E-state index is 4.74. The molecule has 7 heteroatoms. The smallest absolute Gasteiger partial charge is 0.203 e. The minimum Gasteiger partial charge on any atom is -0.239 e. The van der Waals surface area contributed by atoms with Gasteiger partial charge in [0.15, 0.2) is 11.6 Å². The predicted octanol–water partition coefficient (Wildman–Crippen LogP) is 4.67. The van der Waals surface area contributed by atoms with Crippen molar-refractivity contribution in [1.82, 2.24) is 35.4 Å². The zero-order chi connectivity index (χ0) is 22.2. The highest BCUT2D eigenvalue weighted by molar-refractivity contribution is 5.80. The van der Waals surface area contributed by atoms with Gasteiger partial charge >= 0.3 is 0 Å². The quantitative estimate of drug-likeness (QED) is 0.328. The van der Waals surface area contributed by atoms with E-state index >= 15 is 0 Å². The Labute approximate surface area is 188 Å². The second kappa shape index (κ2) is 10.5. The van der Waals surface area contributed by atoms with Crippen molar-refractivity contribution < 1.29 is 0 Å². The van der Waals surface area contributed by atoms with E-state index in [9.17, 15) is 0 Å². The third-order valence-electron chi connectivity index (χ3n) is 5.22. The Morgan fingerprint density at radius 1 is 0.969 bits per heavy atom. The Morgan fingerprint density at radius 2 is 1.78 bits per heavy atom. The molecule has 4 rings (SSSR count). The van der Waals surface area contributed by atoms with Gasteiger partial charge in [-0.2, -0.15) is 5.10 Å². The van der Waals surface area contributed by atoms with Crippen molar-refractivity contribution >= 4 is 0 Å². The fraction of sp³-hybridized carbons (Fsp3) is 0.320. The summed E-state index contributed by atoms with van der Waals surface area (Å²) < 4.78 is 1.92. The van der Waals surface area contributed by atoms with E-state index in [1.54, 1.807) is 0 Å². The van der Waals surface area contributed by atoms with Crippen LogP contribution in [0.1, 0.15) is 56.7 Å². The summed E-state index contributed by atoms with van der Waals surface area (Å²) in [7, 11) is 0. The van der Waals surface area contributed by atoms with E-state index in [2.05, 4.69) is 74.7 Å². The number of benzene rings is 2. The van der Waals surface area contributed by atoms with E-state index in [0.29, 0.717) is 12.4 Å². The van der Waals surface area contributed by atoms with Crippen molar-refractivity contribution in [2.75, 3.05) is 0 Å². The number of unbranched alkanes of at least 4 members (excludes halogenated alkanes) is 2. The molecule has 162 valence electrons. The standard InChI is InChI=1S/C25H27N7/c1-3-5-7-12-23-26-24(13-6-4-2)32(29-23)18-19-14-16-20(17-15-19)21-10-8-9-11-22(21)25-27-30-31-28-25/h8-11,14-17H,3-5,7,12,18H2,1-2H3,(H,27,28,30,31). The summed E-state index contributed by atoms with van der Waals surface area (Å²) in [6, 6.07) is 16.6. The van der Waals surface area contributed by atoms with Crippen LogP contribution >= 0.6 is 0 Å². The highest BCUT2D eigenvalue weighted by Crippen LogP contribution is 2.29. The molecule has 0 radical (unpaired) electrons. The molecule has 2 aromatic heterocycles. The second-order valence-electron chi connectivity index (χ2n) is 7.61.